The Morgan fingerprint density at radius 3 is 2.83 bits per heavy atom. The molecule has 0 atom stereocenters. The fraction of sp³-hybridized carbons (Fsp3) is 0.412. The number of aryl methyl sites for hydroxylation is 1. The zero-order valence-corrected chi connectivity index (χ0v) is 13.9. The second kappa shape index (κ2) is 7.04. The van der Waals surface area contributed by atoms with Gasteiger partial charge in [0.25, 0.3) is 5.91 Å². The molecule has 122 valence electrons. The molecule has 5 nitrogen and oxygen atoms in total. The van der Waals surface area contributed by atoms with Gasteiger partial charge in [-0.2, -0.15) is 0 Å². The van der Waals surface area contributed by atoms with Crippen LogP contribution in [0, 0.1) is 6.92 Å². The van der Waals surface area contributed by atoms with Crippen molar-refractivity contribution < 1.29 is 9.21 Å². The number of hydrogen-bond acceptors (Lipinski definition) is 4. The van der Waals surface area contributed by atoms with Gasteiger partial charge in [0.05, 0.1) is 23.4 Å². The summed E-state index contributed by atoms with van der Waals surface area (Å²) in [5, 5.41) is 3.58. The molecule has 1 aliphatic heterocycles. The third kappa shape index (κ3) is 3.67. The third-order valence-electron chi connectivity index (χ3n) is 4.12. The number of halogens is 1. The van der Waals surface area contributed by atoms with Crippen LogP contribution in [0.4, 0.5) is 5.82 Å². The molecule has 0 spiro atoms. The summed E-state index contributed by atoms with van der Waals surface area (Å²) in [6.07, 6.45) is 6.56. The summed E-state index contributed by atoms with van der Waals surface area (Å²) in [4.78, 5) is 18.6. The highest BCUT2D eigenvalue weighted by atomic mass is 35.5. The van der Waals surface area contributed by atoms with E-state index in [0.29, 0.717) is 22.9 Å². The summed E-state index contributed by atoms with van der Waals surface area (Å²) in [5.74, 6) is 1.40. The van der Waals surface area contributed by atoms with Crippen molar-refractivity contribution >= 4 is 23.3 Å². The molecular formula is C17H20ClN3O2. The Bertz CT molecular complexity index is 693. The molecule has 2 aromatic heterocycles. The van der Waals surface area contributed by atoms with E-state index in [1.165, 1.54) is 6.42 Å². The quantitative estimate of drug-likeness (QED) is 0.922. The predicted molar refractivity (Wildman–Crippen MR) is 89.8 cm³/mol. The second-order valence-electron chi connectivity index (χ2n) is 5.79. The number of likely N-dealkylation sites (tertiary alicyclic amines) is 1. The first-order chi connectivity index (χ1) is 11.1. The van der Waals surface area contributed by atoms with Gasteiger partial charge in [0.2, 0.25) is 0 Å². The molecule has 3 rings (SSSR count). The van der Waals surface area contributed by atoms with Gasteiger partial charge in [-0.3, -0.25) is 4.79 Å². The molecule has 0 aromatic carbocycles. The van der Waals surface area contributed by atoms with Crippen molar-refractivity contribution in [1.82, 2.24) is 9.88 Å². The van der Waals surface area contributed by atoms with Crippen LogP contribution in [-0.4, -0.2) is 28.9 Å². The first-order valence-electron chi connectivity index (χ1n) is 7.87. The summed E-state index contributed by atoms with van der Waals surface area (Å²) in [6.45, 7) is 4.11. The maximum atomic E-state index is 12.4. The van der Waals surface area contributed by atoms with Crippen molar-refractivity contribution in [3.8, 4) is 0 Å². The summed E-state index contributed by atoms with van der Waals surface area (Å²) in [7, 11) is 0. The van der Waals surface area contributed by atoms with E-state index in [1.54, 1.807) is 18.5 Å². The van der Waals surface area contributed by atoms with Crippen LogP contribution in [0.1, 0.15) is 40.9 Å². The number of nitrogens with one attached hydrogen (secondary N) is 1. The largest absolute Gasteiger partial charge is 0.467 e. The number of pyridine rings is 1. The minimum Gasteiger partial charge on any atom is -0.467 e. The second-order valence-corrected chi connectivity index (χ2v) is 6.19. The average molecular weight is 334 g/mol. The third-order valence-corrected chi connectivity index (χ3v) is 4.40. The fourth-order valence-corrected chi connectivity index (χ4v) is 2.95. The van der Waals surface area contributed by atoms with Gasteiger partial charge in [0.1, 0.15) is 11.6 Å². The van der Waals surface area contributed by atoms with Crippen molar-refractivity contribution in [1.29, 1.82) is 0 Å². The molecular weight excluding hydrogens is 314 g/mol. The Hall–Kier alpha value is -2.01. The number of nitrogens with zero attached hydrogens (tertiary/aromatic N) is 2. The van der Waals surface area contributed by atoms with Gasteiger partial charge in [-0.1, -0.05) is 11.6 Å². The summed E-state index contributed by atoms with van der Waals surface area (Å²) in [6, 6.07) is 3.59. The van der Waals surface area contributed by atoms with Crippen molar-refractivity contribution in [2.75, 3.05) is 18.4 Å². The Morgan fingerprint density at radius 1 is 1.39 bits per heavy atom. The van der Waals surface area contributed by atoms with E-state index in [0.717, 1.165) is 37.3 Å². The number of hydrogen-bond donors (Lipinski definition) is 1. The van der Waals surface area contributed by atoms with Crippen LogP contribution in [0.3, 0.4) is 0 Å². The minimum atomic E-state index is 0.00697. The van der Waals surface area contributed by atoms with Crippen molar-refractivity contribution in [2.24, 2.45) is 0 Å². The van der Waals surface area contributed by atoms with Crippen LogP contribution in [-0.2, 0) is 6.54 Å². The number of aromatic nitrogens is 1. The van der Waals surface area contributed by atoms with E-state index in [4.69, 9.17) is 16.0 Å². The van der Waals surface area contributed by atoms with E-state index in [2.05, 4.69) is 10.3 Å². The lowest BCUT2D eigenvalue weighted by Crippen LogP contribution is -2.35. The molecule has 6 heteroatoms. The first-order valence-corrected chi connectivity index (χ1v) is 8.24. The van der Waals surface area contributed by atoms with Crippen LogP contribution < -0.4 is 5.32 Å². The highest BCUT2D eigenvalue weighted by Crippen LogP contribution is 2.23. The van der Waals surface area contributed by atoms with Gasteiger partial charge in [0.15, 0.2) is 0 Å². The topological polar surface area (TPSA) is 58.4 Å². The Balaban J connectivity index is 1.67. The number of anilines is 1. The molecule has 1 amide bonds. The molecule has 0 radical (unpaired) electrons. The SMILES string of the molecule is Cc1ccoc1CNc1ncc(C(=O)N2CCCCC2)cc1Cl. The predicted octanol–water partition coefficient (Wildman–Crippen LogP) is 3.87. The van der Waals surface area contributed by atoms with Crippen molar-refractivity contribution in [3.05, 3.63) is 46.5 Å². The van der Waals surface area contributed by atoms with Crippen molar-refractivity contribution in [2.45, 2.75) is 32.7 Å². The molecule has 0 bridgehead atoms. The maximum absolute atomic E-state index is 12.4. The normalized spacial score (nSPS) is 14.8. The lowest BCUT2D eigenvalue weighted by Gasteiger charge is -2.26. The molecule has 1 aliphatic rings. The van der Waals surface area contributed by atoms with Crippen LogP contribution in [0.2, 0.25) is 5.02 Å². The van der Waals surface area contributed by atoms with Crippen LogP contribution in [0.5, 0.6) is 0 Å². The maximum Gasteiger partial charge on any atom is 0.255 e. The molecule has 3 heterocycles. The van der Waals surface area contributed by atoms with Crippen LogP contribution >= 0.6 is 11.6 Å². The molecule has 0 aliphatic carbocycles. The molecule has 1 fully saturated rings. The van der Waals surface area contributed by atoms with Crippen LogP contribution in [0.25, 0.3) is 0 Å². The van der Waals surface area contributed by atoms with Gasteiger partial charge in [-0.05, 0) is 43.9 Å². The van der Waals surface area contributed by atoms with Crippen molar-refractivity contribution in [3.63, 3.8) is 0 Å². The fourth-order valence-electron chi connectivity index (χ4n) is 2.71. The number of amides is 1. The van der Waals surface area contributed by atoms with Gasteiger partial charge < -0.3 is 14.6 Å². The van der Waals surface area contributed by atoms with E-state index < -0.39 is 0 Å². The highest BCUT2D eigenvalue weighted by Gasteiger charge is 2.19. The molecule has 2 aromatic rings. The molecule has 0 saturated carbocycles. The highest BCUT2D eigenvalue weighted by molar-refractivity contribution is 6.33. The van der Waals surface area contributed by atoms with E-state index >= 15 is 0 Å². The Kier molecular flexibility index (Phi) is 4.86. The standard InChI is InChI=1S/C17H20ClN3O2/c1-12-5-8-23-15(12)11-20-16-14(18)9-13(10-19-16)17(22)21-6-3-2-4-7-21/h5,8-10H,2-4,6-7,11H2,1H3,(H,19,20). The number of furan rings is 1. The van der Waals surface area contributed by atoms with Gasteiger partial charge >= 0.3 is 0 Å². The zero-order chi connectivity index (χ0) is 16.2. The minimum absolute atomic E-state index is 0.00697. The lowest BCUT2D eigenvalue weighted by atomic mass is 10.1. The summed E-state index contributed by atoms with van der Waals surface area (Å²) < 4.78 is 5.37. The number of carbonyl (C=O) groups excluding carboxylic acids is 1. The monoisotopic (exact) mass is 333 g/mol. The number of piperidine rings is 1. The molecule has 1 saturated heterocycles. The molecule has 1 N–H and O–H groups in total. The summed E-state index contributed by atoms with van der Waals surface area (Å²) in [5.41, 5.74) is 1.61. The first kappa shape index (κ1) is 15.9. The van der Waals surface area contributed by atoms with Gasteiger partial charge in [-0.15, -0.1) is 0 Å². The average Bonchev–Trinajstić information content (AvgIpc) is 2.99. The lowest BCUT2D eigenvalue weighted by molar-refractivity contribution is 0.0724. The van der Waals surface area contributed by atoms with E-state index in [-0.39, 0.29) is 5.91 Å². The number of rotatable bonds is 4. The Labute approximate surface area is 140 Å². The molecule has 23 heavy (non-hydrogen) atoms. The smallest absolute Gasteiger partial charge is 0.255 e. The van der Waals surface area contributed by atoms with E-state index in [9.17, 15) is 4.79 Å². The van der Waals surface area contributed by atoms with Crippen LogP contribution in [0.15, 0.2) is 29.0 Å². The molecule has 0 unspecified atom stereocenters. The Morgan fingerprint density at radius 2 is 2.17 bits per heavy atom. The van der Waals surface area contributed by atoms with Gasteiger partial charge in [-0.25, -0.2) is 4.98 Å². The van der Waals surface area contributed by atoms with Gasteiger partial charge in [0, 0.05) is 19.3 Å². The number of carbonyl (C=O) groups is 1. The van der Waals surface area contributed by atoms with E-state index in [1.807, 2.05) is 17.9 Å². The zero-order valence-electron chi connectivity index (χ0n) is 13.1. The summed E-state index contributed by atoms with van der Waals surface area (Å²) >= 11 is 6.27.